The summed E-state index contributed by atoms with van der Waals surface area (Å²) in [6.07, 6.45) is -2.77. The van der Waals surface area contributed by atoms with E-state index in [1.165, 1.54) is 30.6 Å². The standard InChI is InChI=1S/C23H20F3NO3S/c1-4-17(22(28)29-3)21-19(18-10-5-6-11-20(18)31-21)13-30-27-14(2)15-8-7-9-16(12-15)23(24,25)26/h4-12,27H,2,13H2,1,3H3. The minimum Gasteiger partial charge on any atom is -0.465 e. The van der Waals surface area contributed by atoms with E-state index in [1.807, 2.05) is 24.3 Å². The predicted molar refractivity (Wildman–Crippen MR) is 116 cm³/mol. The molecule has 1 heterocycles. The molecule has 0 saturated carbocycles. The van der Waals surface area contributed by atoms with Crippen LogP contribution in [0.5, 0.6) is 0 Å². The highest BCUT2D eigenvalue weighted by Crippen LogP contribution is 2.37. The van der Waals surface area contributed by atoms with E-state index in [0.29, 0.717) is 10.5 Å². The molecule has 1 aromatic heterocycles. The maximum atomic E-state index is 12.9. The smallest absolute Gasteiger partial charge is 0.416 e. The first-order chi connectivity index (χ1) is 14.8. The molecule has 0 aliphatic rings. The summed E-state index contributed by atoms with van der Waals surface area (Å²) in [6.45, 7) is 5.56. The lowest BCUT2D eigenvalue weighted by Gasteiger charge is -2.13. The molecule has 0 spiro atoms. The van der Waals surface area contributed by atoms with Crippen LogP contribution in [0.15, 0.2) is 61.2 Å². The van der Waals surface area contributed by atoms with Crippen LogP contribution in [0.3, 0.4) is 0 Å². The van der Waals surface area contributed by atoms with Crippen LogP contribution in [-0.4, -0.2) is 13.1 Å². The molecule has 0 aliphatic heterocycles. The van der Waals surface area contributed by atoms with Gasteiger partial charge in [0.1, 0.15) is 6.61 Å². The topological polar surface area (TPSA) is 47.6 Å². The van der Waals surface area contributed by atoms with Crippen molar-refractivity contribution in [3.05, 3.63) is 82.8 Å². The van der Waals surface area contributed by atoms with Crippen LogP contribution in [0, 0.1) is 0 Å². The Kier molecular flexibility index (Phi) is 6.82. The fraction of sp³-hybridized carbons (Fsp3) is 0.174. The lowest BCUT2D eigenvalue weighted by atomic mass is 10.1. The highest BCUT2D eigenvalue weighted by Gasteiger charge is 2.30. The molecule has 0 saturated heterocycles. The van der Waals surface area contributed by atoms with Crippen LogP contribution in [0.4, 0.5) is 13.2 Å². The van der Waals surface area contributed by atoms with Crippen molar-refractivity contribution in [2.45, 2.75) is 19.7 Å². The van der Waals surface area contributed by atoms with Crippen molar-refractivity contribution in [1.82, 2.24) is 5.48 Å². The number of thiophene rings is 1. The first-order valence-corrected chi connectivity index (χ1v) is 10.1. The average molecular weight is 447 g/mol. The molecule has 3 rings (SSSR count). The number of carbonyl (C=O) groups is 1. The van der Waals surface area contributed by atoms with Gasteiger partial charge in [-0.05, 0) is 36.1 Å². The van der Waals surface area contributed by atoms with Crippen molar-refractivity contribution in [3.63, 3.8) is 0 Å². The molecule has 8 heteroatoms. The van der Waals surface area contributed by atoms with E-state index in [1.54, 1.807) is 13.0 Å². The normalized spacial score (nSPS) is 12.1. The number of hydroxylamine groups is 1. The third-order valence-electron chi connectivity index (χ3n) is 4.59. The van der Waals surface area contributed by atoms with Crippen LogP contribution in [-0.2, 0) is 27.2 Å². The summed E-state index contributed by atoms with van der Waals surface area (Å²) in [5, 5.41) is 0.914. The first-order valence-electron chi connectivity index (χ1n) is 9.26. The summed E-state index contributed by atoms with van der Waals surface area (Å²) in [6, 6.07) is 12.4. The zero-order valence-corrected chi connectivity index (χ0v) is 17.7. The van der Waals surface area contributed by atoms with Gasteiger partial charge in [0.2, 0.25) is 0 Å². The first kappa shape index (κ1) is 22.6. The second-order valence-electron chi connectivity index (χ2n) is 6.55. The number of allylic oxidation sites excluding steroid dienone is 1. The molecule has 1 N–H and O–H groups in total. The number of ether oxygens (including phenoxy) is 1. The summed E-state index contributed by atoms with van der Waals surface area (Å²) in [5.74, 6) is -0.461. The van der Waals surface area contributed by atoms with Crippen LogP contribution < -0.4 is 5.48 Å². The monoisotopic (exact) mass is 447 g/mol. The molecule has 0 bridgehead atoms. The van der Waals surface area contributed by atoms with Crippen molar-refractivity contribution >= 4 is 38.7 Å². The zero-order chi connectivity index (χ0) is 22.6. The lowest BCUT2D eigenvalue weighted by molar-refractivity contribution is -0.137. The summed E-state index contributed by atoms with van der Waals surface area (Å²) >= 11 is 1.44. The average Bonchev–Trinajstić information content (AvgIpc) is 3.11. The minimum atomic E-state index is -4.45. The van der Waals surface area contributed by atoms with Gasteiger partial charge in [0.15, 0.2) is 0 Å². The maximum absolute atomic E-state index is 12.9. The Morgan fingerprint density at radius 2 is 1.94 bits per heavy atom. The van der Waals surface area contributed by atoms with Crippen LogP contribution >= 0.6 is 11.3 Å². The largest absolute Gasteiger partial charge is 0.465 e. The fourth-order valence-corrected chi connectivity index (χ4v) is 4.32. The van der Waals surface area contributed by atoms with Gasteiger partial charge in [-0.25, -0.2) is 4.79 Å². The highest BCUT2D eigenvalue weighted by atomic mass is 32.1. The van der Waals surface area contributed by atoms with Gasteiger partial charge in [0.05, 0.1) is 23.9 Å². The van der Waals surface area contributed by atoms with Crippen LogP contribution in [0.2, 0.25) is 0 Å². The van der Waals surface area contributed by atoms with E-state index in [2.05, 4.69) is 12.1 Å². The van der Waals surface area contributed by atoms with Gasteiger partial charge < -0.3 is 4.74 Å². The Labute approximate surface area is 181 Å². The Morgan fingerprint density at radius 1 is 1.19 bits per heavy atom. The van der Waals surface area contributed by atoms with E-state index < -0.39 is 17.7 Å². The van der Waals surface area contributed by atoms with E-state index >= 15 is 0 Å². The van der Waals surface area contributed by atoms with E-state index in [4.69, 9.17) is 9.57 Å². The summed E-state index contributed by atoms with van der Waals surface area (Å²) in [4.78, 5) is 18.5. The molecule has 0 aliphatic carbocycles. The minimum absolute atomic E-state index is 0.0612. The Bertz CT molecular complexity index is 1150. The lowest BCUT2D eigenvalue weighted by Crippen LogP contribution is -2.14. The molecule has 0 atom stereocenters. The molecule has 162 valence electrons. The van der Waals surface area contributed by atoms with Gasteiger partial charge in [-0.1, -0.05) is 43.0 Å². The van der Waals surface area contributed by atoms with Gasteiger partial charge in [-0.15, -0.1) is 11.3 Å². The summed E-state index contributed by atoms with van der Waals surface area (Å²) in [7, 11) is 1.32. The fourth-order valence-electron chi connectivity index (χ4n) is 3.05. The summed E-state index contributed by atoms with van der Waals surface area (Å²) in [5.41, 5.74) is 3.47. The number of rotatable bonds is 7. The summed E-state index contributed by atoms with van der Waals surface area (Å²) < 4.78 is 44.7. The second kappa shape index (κ2) is 9.36. The third kappa shape index (κ3) is 4.98. The molecule has 0 radical (unpaired) electrons. The predicted octanol–water partition coefficient (Wildman–Crippen LogP) is 6.19. The van der Waals surface area contributed by atoms with Crippen molar-refractivity contribution < 1.29 is 27.5 Å². The maximum Gasteiger partial charge on any atom is 0.416 e. The molecule has 0 unspecified atom stereocenters. The van der Waals surface area contributed by atoms with Gasteiger partial charge in [0, 0.05) is 15.1 Å². The molecule has 2 aromatic carbocycles. The SMILES string of the molecule is C=C(NOCc1c(C(=CC)C(=O)OC)sc2ccccc12)c1cccc(C(F)(F)F)c1. The number of fused-ring (bicyclic) bond motifs is 1. The van der Waals surface area contributed by atoms with Crippen molar-refractivity contribution in [1.29, 1.82) is 0 Å². The van der Waals surface area contributed by atoms with Crippen molar-refractivity contribution in [2.75, 3.05) is 7.11 Å². The number of benzene rings is 2. The molecule has 3 aromatic rings. The van der Waals surface area contributed by atoms with Crippen LogP contribution in [0.1, 0.15) is 28.5 Å². The van der Waals surface area contributed by atoms with Crippen molar-refractivity contribution in [3.8, 4) is 0 Å². The number of nitrogens with one attached hydrogen (secondary N) is 1. The quantitative estimate of drug-likeness (QED) is 0.267. The molecule has 31 heavy (non-hydrogen) atoms. The third-order valence-corrected chi connectivity index (χ3v) is 5.83. The number of halogens is 3. The number of esters is 1. The molecule has 4 nitrogen and oxygen atoms in total. The van der Waals surface area contributed by atoms with E-state index in [-0.39, 0.29) is 17.9 Å². The zero-order valence-electron chi connectivity index (χ0n) is 16.9. The van der Waals surface area contributed by atoms with Crippen molar-refractivity contribution in [2.24, 2.45) is 0 Å². The second-order valence-corrected chi connectivity index (χ2v) is 7.60. The van der Waals surface area contributed by atoms with Gasteiger partial charge in [-0.2, -0.15) is 13.2 Å². The van der Waals surface area contributed by atoms with Gasteiger partial charge >= 0.3 is 12.1 Å². The number of alkyl halides is 3. The molecule has 0 amide bonds. The number of methoxy groups -OCH3 is 1. The van der Waals surface area contributed by atoms with E-state index in [0.717, 1.165) is 27.8 Å². The molecular weight excluding hydrogens is 427 g/mol. The number of hydrogen-bond donors (Lipinski definition) is 1. The highest BCUT2D eigenvalue weighted by molar-refractivity contribution is 7.20. The number of carbonyl (C=O) groups excluding carboxylic acids is 1. The Balaban J connectivity index is 1.82. The van der Waals surface area contributed by atoms with Crippen LogP contribution in [0.25, 0.3) is 21.4 Å². The molecular formula is C23H20F3NO3S. The van der Waals surface area contributed by atoms with Gasteiger partial charge in [-0.3, -0.25) is 10.3 Å². The van der Waals surface area contributed by atoms with E-state index in [9.17, 15) is 18.0 Å². The molecule has 0 fully saturated rings. The Morgan fingerprint density at radius 3 is 2.61 bits per heavy atom. The Hall–Kier alpha value is -3.10. The number of hydrogen-bond acceptors (Lipinski definition) is 5. The van der Waals surface area contributed by atoms with Gasteiger partial charge in [0.25, 0.3) is 0 Å².